The molecular weight excluding hydrogens is 302 g/mol. The molecule has 0 saturated carbocycles. The van der Waals surface area contributed by atoms with Gasteiger partial charge < -0.3 is 9.47 Å². The zero-order chi connectivity index (χ0) is 17.2. The van der Waals surface area contributed by atoms with Crippen molar-refractivity contribution in [2.75, 3.05) is 0 Å². The van der Waals surface area contributed by atoms with Gasteiger partial charge in [-0.05, 0) is 38.5 Å². The summed E-state index contributed by atoms with van der Waals surface area (Å²) in [4.78, 5) is 12.4. The van der Waals surface area contributed by atoms with Crippen LogP contribution in [-0.4, -0.2) is 16.3 Å². The van der Waals surface area contributed by atoms with Crippen LogP contribution in [0.5, 0.6) is 5.75 Å². The van der Waals surface area contributed by atoms with Crippen molar-refractivity contribution in [3.8, 4) is 5.75 Å². The fourth-order valence-electron chi connectivity index (χ4n) is 2.46. The van der Waals surface area contributed by atoms with Crippen molar-refractivity contribution >= 4 is 17.0 Å². The zero-order valence-corrected chi connectivity index (χ0v) is 14.2. The van der Waals surface area contributed by atoms with Crippen molar-refractivity contribution in [2.24, 2.45) is 0 Å². The summed E-state index contributed by atoms with van der Waals surface area (Å²) < 4.78 is 12.9. The molecule has 0 bridgehead atoms. The molecule has 3 aromatic rings. The minimum absolute atomic E-state index is 0.409. The lowest BCUT2D eigenvalue weighted by atomic mass is 10.2. The molecule has 0 aliphatic rings. The average Bonchev–Trinajstić information content (AvgIpc) is 2.91. The molecule has 3 rings (SSSR count). The lowest BCUT2D eigenvalue weighted by Crippen LogP contribution is -2.26. The van der Waals surface area contributed by atoms with Crippen LogP contribution in [0, 0.1) is 0 Å². The number of hydrogen-bond acceptors (Lipinski definition) is 3. The van der Waals surface area contributed by atoms with Crippen LogP contribution in [0.15, 0.2) is 60.8 Å². The zero-order valence-electron chi connectivity index (χ0n) is 14.2. The Hall–Kier alpha value is -2.75. The van der Waals surface area contributed by atoms with Crippen LogP contribution in [0.2, 0.25) is 0 Å². The molecule has 2 aromatic carbocycles. The maximum absolute atomic E-state index is 12.4. The predicted molar refractivity (Wildman–Crippen MR) is 94.3 cm³/mol. The van der Waals surface area contributed by atoms with Gasteiger partial charge in [0.15, 0.2) is 0 Å². The first-order chi connectivity index (χ1) is 11.4. The molecule has 0 unspecified atom stereocenters. The Balaban J connectivity index is 1.90. The van der Waals surface area contributed by atoms with Crippen LogP contribution in [0.3, 0.4) is 0 Å². The largest absolute Gasteiger partial charge is 0.487 e. The van der Waals surface area contributed by atoms with Gasteiger partial charge in [0.25, 0.3) is 0 Å². The smallest absolute Gasteiger partial charge is 0.419 e. The van der Waals surface area contributed by atoms with Gasteiger partial charge in [0.2, 0.25) is 0 Å². The van der Waals surface area contributed by atoms with E-state index in [1.54, 1.807) is 6.20 Å². The molecule has 0 N–H and O–H groups in total. The number of nitrogens with zero attached hydrogens (tertiary/aromatic N) is 1. The van der Waals surface area contributed by atoms with Crippen LogP contribution in [0.25, 0.3) is 10.9 Å². The van der Waals surface area contributed by atoms with Crippen LogP contribution in [0.4, 0.5) is 4.79 Å². The van der Waals surface area contributed by atoms with Gasteiger partial charge in [0.05, 0.1) is 11.7 Å². The quantitative estimate of drug-likeness (QED) is 0.681. The van der Waals surface area contributed by atoms with Crippen molar-refractivity contribution in [3.63, 3.8) is 0 Å². The average molecular weight is 323 g/mol. The van der Waals surface area contributed by atoms with E-state index in [0.29, 0.717) is 12.4 Å². The lowest BCUT2D eigenvalue weighted by Gasteiger charge is -2.19. The number of aromatic nitrogens is 1. The minimum Gasteiger partial charge on any atom is -0.487 e. The second-order valence-electron chi connectivity index (χ2n) is 6.64. The molecular formula is C20H21NO3. The third kappa shape index (κ3) is 3.59. The van der Waals surface area contributed by atoms with Gasteiger partial charge >= 0.3 is 6.09 Å². The van der Waals surface area contributed by atoms with Crippen LogP contribution >= 0.6 is 0 Å². The standard InChI is InChI=1S/C20H21NO3/c1-20(2,3)24-19(22)21-13-18(16-11-7-8-12-17(16)21)23-14-15-9-5-4-6-10-15/h4-13H,14H2,1-3H3. The predicted octanol–water partition coefficient (Wildman–Crippen LogP) is 5.00. The highest BCUT2D eigenvalue weighted by Crippen LogP contribution is 2.29. The monoisotopic (exact) mass is 323 g/mol. The summed E-state index contributed by atoms with van der Waals surface area (Å²) >= 11 is 0. The van der Waals surface area contributed by atoms with E-state index < -0.39 is 11.7 Å². The number of ether oxygens (including phenoxy) is 2. The van der Waals surface area contributed by atoms with Crippen LogP contribution < -0.4 is 4.74 Å². The molecule has 1 aromatic heterocycles. The van der Waals surface area contributed by atoms with Crippen molar-refractivity contribution in [1.29, 1.82) is 0 Å². The molecule has 0 spiro atoms. The first-order valence-corrected chi connectivity index (χ1v) is 7.94. The summed E-state index contributed by atoms with van der Waals surface area (Å²) in [5.74, 6) is 0.667. The van der Waals surface area contributed by atoms with Gasteiger partial charge in [-0.1, -0.05) is 42.5 Å². The second kappa shape index (κ2) is 6.40. The fourth-order valence-corrected chi connectivity index (χ4v) is 2.46. The number of para-hydroxylation sites is 1. The van der Waals surface area contributed by atoms with E-state index in [9.17, 15) is 4.79 Å². The highest BCUT2D eigenvalue weighted by molar-refractivity contribution is 5.94. The van der Waals surface area contributed by atoms with Gasteiger partial charge in [-0.25, -0.2) is 9.36 Å². The SMILES string of the molecule is CC(C)(C)OC(=O)n1cc(OCc2ccccc2)c2ccccc21. The Morgan fingerprint density at radius 3 is 2.38 bits per heavy atom. The third-order valence-corrected chi connectivity index (χ3v) is 3.50. The summed E-state index contributed by atoms with van der Waals surface area (Å²) in [7, 11) is 0. The number of carbonyl (C=O) groups is 1. The molecule has 124 valence electrons. The van der Waals surface area contributed by atoms with E-state index in [1.807, 2.05) is 75.4 Å². The van der Waals surface area contributed by atoms with E-state index in [1.165, 1.54) is 4.57 Å². The van der Waals surface area contributed by atoms with Crippen molar-refractivity contribution < 1.29 is 14.3 Å². The molecule has 0 radical (unpaired) electrons. The van der Waals surface area contributed by atoms with E-state index >= 15 is 0 Å². The molecule has 0 aliphatic heterocycles. The fraction of sp³-hybridized carbons (Fsp3) is 0.250. The number of carbonyl (C=O) groups excluding carboxylic acids is 1. The first-order valence-electron chi connectivity index (χ1n) is 7.94. The molecule has 4 nitrogen and oxygen atoms in total. The molecule has 1 heterocycles. The first kappa shape index (κ1) is 16.1. The second-order valence-corrected chi connectivity index (χ2v) is 6.64. The maximum Gasteiger partial charge on any atom is 0.419 e. The molecule has 24 heavy (non-hydrogen) atoms. The number of hydrogen-bond donors (Lipinski definition) is 0. The van der Waals surface area contributed by atoms with Gasteiger partial charge in [-0.3, -0.25) is 0 Å². The molecule has 0 atom stereocenters. The Labute approximate surface area is 141 Å². The Kier molecular flexibility index (Phi) is 4.30. The Morgan fingerprint density at radius 1 is 1.00 bits per heavy atom. The molecule has 0 fully saturated rings. The van der Waals surface area contributed by atoms with Crippen molar-refractivity contribution in [2.45, 2.75) is 33.0 Å². The van der Waals surface area contributed by atoms with E-state index in [4.69, 9.17) is 9.47 Å². The lowest BCUT2D eigenvalue weighted by molar-refractivity contribution is 0.0543. The van der Waals surface area contributed by atoms with E-state index in [2.05, 4.69) is 0 Å². The number of rotatable bonds is 3. The summed E-state index contributed by atoms with van der Waals surface area (Å²) in [6.07, 6.45) is 1.29. The summed E-state index contributed by atoms with van der Waals surface area (Å²) in [5, 5.41) is 0.888. The third-order valence-electron chi connectivity index (χ3n) is 3.50. The van der Waals surface area contributed by atoms with Crippen LogP contribution in [-0.2, 0) is 11.3 Å². The molecule has 0 aliphatic carbocycles. The van der Waals surface area contributed by atoms with Crippen molar-refractivity contribution in [1.82, 2.24) is 4.57 Å². The topological polar surface area (TPSA) is 40.5 Å². The molecule has 0 amide bonds. The van der Waals surface area contributed by atoms with Gasteiger partial charge in [-0.15, -0.1) is 0 Å². The van der Waals surface area contributed by atoms with Gasteiger partial charge in [0.1, 0.15) is 18.0 Å². The minimum atomic E-state index is -0.548. The molecule has 0 saturated heterocycles. The molecule has 4 heteroatoms. The maximum atomic E-state index is 12.4. The summed E-state index contributed by atoms with van der Waals surface area (Å²) in [6.45, 7) is 6.00. The number of fused-ring (bicyclic) bond motifs is 1. The van der Waals surface area contributed by atoms with Gasteiger partial charge in [-0.2, -0.15) is 0 Å². The highest BCUT2D eigenvalue weighted by Gasteiger charge is 2.21. The normalized spacial score (nSPS) is 11.5. The summed E-state index contributed by atoms with van der Waals surface area (Å²) in [6, 6.07) is 17.6. The Morgan fingerprint density at radius 2 is 1.67 bits per heavy atom. The van der Waals surface area contributed by atoms with Gasteiger partial charge in [0, 0.05) is 5.39 Å². The van der Waals surface area contributed by atoms with E-state index in [0.717, 1.165) is 16.5 Å². The highest BCUT2D eigenvalue weighted by atomic mass is 16.6. The number of benzene rings is 2. The summed E-state index contributed by atoms with van der Waals surface area (Å²) in [5.41, 5.74) is 1.30. The van der Waals surface area contributed by atoms with Crippen molar-refractivity contribution in [3.05, 3.63) is 66.4 Å². The Bertz CT molecular complexity index is 844. The van der Waals surface area contributed by atoms with E-state index in [-0.39, 0.29) is 0 Å². The van der Waals surface area contributed by atoms with Crippen LogP contribution in [0.1, 0.15) is 26.3 Å².